The molecule has 0 N–H and O–H groups in total. The van der Waals surface area contributed by atoms with E-state index < -0.39 is 9.28 Å². The number of rotatable bonds is 5. The Kier molecular flexibility index (Phi) is 6.62. The molecule has 0 spiro atoms. The lowest BCUT2D eigenvalue weighted by molar-refractivity contribution is -0.139. The van der Waals surface area contributed by atoms with Crippen molar-refractivity contribution in [3.05, 3.63) is 0 Å². The Morgan fingerprint density at radius 3 is 1.77 bits per heavy atom. The van der Waals surface area contributed by atoms with Gasteiger partial charge in [0.25, 0.3) is 11.9 Å². The fourth-order valence-electron chi connectivity index (χ4n) is 0.547. The van der Waals surface area contributed by atoms with Crippen molar-refractivity contribution in [3.63, 3.8) is 0 Å². The highest BCUT2D eigenvalue weighted by molar-refractivity contribution is 6.59. The highest BCUT2D eigenvalue weighted by Gasteiger charge is 2.20. The predicted octanol–water partition coefficient (Wildman–Crippen LogP) is 0.891. The number of hydrogen-bond donors (Lipinski definition) is 0. The standard InChI is InChI=1S/C7H13ClO4Si/c1-3-6(9)11-13(5-8)12-7(10)4-2/h13H,3-5H2,1-2H3. The molecule has 0 aromatic heterocycles. The molecule has 0 bridgehead atoms. The lowest BCUT2D eigenvalue weighted by Gasteiger charge is -2.12. The lowest BCUT2D eigenvalue weighted by atomic mass is 10.5. The van der Waals surface area contributed by atoms with E-state index in [1.165, 1.54) is 0 Å². The van der Waals surface area contributed by atoms with Crippen LogP contribution in [0.15, 0.2) is 0 Å². The molecule has 76 valence electrons. The second-order valence-electron chi connectivity index (χ2n) is 2.27. The van der Waals surface area contributed by atoms with E-state index in [4.69, 9.17) is 20.5 Å². The van der Waals surface area contributed by atoms with Crippen LogP contribution in [0.2, 0.25) is 0 Å². The molecule has 0 aromatic rings. The lowest BCUT2D eigenvalue weighted by Crippen LogP contribution is -2.30. The van der Waals surface area contributed by atoms with Gasteiger partial charge < -0.3 is 8.85 Å². The third-order valence-electron chi connectivity index (χ3n) is 1.23. The van der Waals surface area contributed by atoms with Gasteiger partial charge in [0.2, 0.25) is 0 Å². The fourth-order valence-corrected chi connectivity index (χ4v) is 2.02. The summed E-state index contributed by atoms with van der Waals surface area (Å²) in [6.07, 6.45) is 0.536. The minimum absolute atomic E-state index is 0.0947. The largest absolute Gasteiger partial charge is 0.486 e. The third kappa shape index (κ3) is 5.65. The number of carbonyl (C=O) groups is 2. The monoisotopic (exact) mass is 224 g/mol. The second kappa shape index (κ2) is 6.91. The van der Waals surface area contributed by atoms with Crippen molar-refractivity contribution >= 4 is 32.8 Å². The Hall–Kier alpha value is -0.553. The Balaban J connectivity index is 3.89. The van der Waals surface area contributed by atoms with Crippen molar-refractivity contribution in [1.29, 1.82) is 0 Å². The Bertz CT molecular complexity index is 167. The number of carbonyl (C=O) groups excluding carboxylic acids is 2. The average Bonchev–Trinajstić information content (AvgIpc) is 2.16. The molecule has 0 aliphatic heterocycles. The van der Waals surface area contributed by atoms with E-state index in [1.54, 1.807) is 13.8 Å². The molecule has 6 heteroatoms. The molecule has 0 aliphatic carbocycles. The summed E-state index contributed by atoms with van der Waals surface area (Å²) in [4.78, 5) is 21.6. The molecule has 0 radical (unpaired) electrons. The summed E-state index contributed by atoms with van der Waals surface area (Å²) in [5.41, 5.74) is 0.0947. The zero-order valence-corrected chi connectivity index (χ0v) is 9.62. The maximum Gasteiger partial charge on any atom is 0.463 e. The first-order valence-corrected chi connectivity index (χ1v) is 6.38. The van der Waals surface area contributed by atoms with Crippen LogP contribution in [0.1, 0.15) is 26.7 Å². The average molecular weight is 225 g/mol. The number of hydrogen-bond acceptors (Lipinski definition) is 4. The van der Waals surface area contributed by atoms with E-state index in [9.17, 15) is 9.59 Å². The molecule has 0 amide bonds. The van der Waals surface area contributed by atoms with Gasteiger partial charge in [0, 0.05) is 12.8 Å². The van der Waals surface area contributed by atoms with Crippen molar-refractivity contribution in [2.75, 3.05) is 5.50 Å². The summed E-state index contributed by atoms with van der Waals surface area (Å²) in [6.45, 7) is 3.34. The van der Waals surface area contributed by atoms with Gasteiger partial charge in [-0.05, 0) is 0 Å². The van der Waals surface area contributed by atoms with Crippen LogP contribution < -0.4 is 0 Å². The quantitative estimate of drug-likeness (QED) is 0.514. The first kappa shape index (κ1) is 12.4. The van der Waals surface area contributed by atoms with Gasteiger partial charge in [-0.3, -0.25) is 9.59 Å². The molecule has 0 atom stereocenters. The molecule has 0 rings (SSSR count). The summed E-state index contributed by atoms with van der Waals surface area (Å²) >= 11 is 5.48. The van der Waals surface area contributed by atoms with Gasteiger partial charge in [-0.2, -0.15) is 0 Å². The van der Waals surface area contributed by atoms with Gasteiger partial charge in [0.05, 0.1) is 5.50 Å². The zero-order valence-electron chi connectivity index (χ0n) is 7.71. The van der Waals surface area contributed by atoms with Gasteiger partial charge in [-0.25, -0.2) is 0 Å². The Morgan fingerprint density at radius 1 is 1.15 bits per heavy atom. The van der Waals surface area contributed by atoms with Crippen molar-refractivity contribution in [3.8, 4) is 0 Å². The molecule has 0 fully saturated rings. The van der Waals surface area contributed by atoms with Crippen LogP contribution in [0, 0.1) is 0 Å². The summed E-state index contributed by atoms with van der Waals surface area (Å²) in [5.74, 6) is -0.748. The van der Waals surface area contributed by atoms with Crippen LogP contribution in [0.5, 0.6) is 0 Å². The number of alkyl halides is 1. The molecule has 0 heterocycles. The first-order valence-electron chi connectivity index (χ1n) is 4.08. The minimum Gasteiger partial charge on any atom is -0.486 e. The van der Waals surface area contributed by atoms with Crippen LogP contribution in [0.4, 0.5) is 0 Å². The summed E-state index contributed by atoms with van der Waals surface area (Å²) in [7, 11) is -2.30. The van der Waals surface area contributed by atoms with E-state index in [1.807, 2.05) is 0 Å². The van der Waals surface area contributed by atoms with Crippen LogP contribution >= 0.6 is 11.6 Å². The van der Waals surface area contributed by atoms with Gasteiger partial charge in [0.1, 0.15) is 0 Å². The van der Waals surface area contributed by atoms with Gasteiger partial charge in [0.15, 0.2) is 0 Å². The van der Waals surface area contributed by atoms with Crippen LogP contribution in [-0.2, 0) is 18.4 Å². The van der Waals surface area contributed by atoms with Gasteiger partial charge in [-0.15, -0.1) is 11.6 Å². The molecule has 0 unspecified atom stereocenters. The summed E-state index contributed by atoms with van der Waals surface area (Å²) in [6, 6.07) is 0. The highest BCUT2D eigenvalue weighted by Crippen LogP contribution is 1.98. The topological polar surface area (TPSA) is 52.6 Å². The zero-order chi connectivity index (χ0) is 10.3. The van der Waals surface area contributed by atoms with E-state index >= 15 is 0 Å². The van der Waals surface area contributed by atoms with Gasteiger partial charge >= 0.3 is 9.28 Å². The highest BCUT2D eigenvalue weighted by atomic mass is 35.5. The van der Waals surface area contributed by atoms with Crippen molar-refractivity contribution in [2.45, 2.75) is 26.7 Å². The SMILES string of the molecule is CCC(=O)O[SiH](CCl)OC(=O)CC. The minimum atomic E-state index is -2.30. The van der Waals surface area contributed by atoms with Crippen LogP contribution in [0.3, 0.4) is 0 Å². The maximum absolute atomic E-state index is 10.8. The van der Waals surface area contributed by atoms with Crippen molar-refractivity contribution in [1.82, 2.24) is 0 Å². The fraction of sp³-hybridized carbons (Fsp3) is 0.714. The van der Waals surface area contributed by atoms with Crippen LogP contribution in [-0.4, -0.2) is 26.7 Å². The molecule has 4 nitrogen and oxygen atoms in total. The third-order valence-corrected chi connectivity index (χ3v) is 3.29. The molecular formula is C7H13ClO4Si. The Labute approximate surface area is 84.0 Å². The summed E-state index contributed by atoms with van der Waals surface area (Å²) in [5, 5.41) is 0. The summed E-state index contributed by atoms with van der Waals surface area (Å²) < 4.78 is 9.69. The molecule has 13 heavy (non-hydrogen) atoms. The smallest absolute Gasteiger partial charge is 0.463 e. The first-order chi connectivity index (χ1) is 6.13. The van der Waals surface area contributed by atoms with Crippen molar-refractivity contribution in [2.24, 2.45) is 0 Å². The molecular weight excluding hydrogens is 212 g/mol. The molecule has 0 saturated heterocycles. The molecule has 0 saturated carbocycles. The normalized spacial score (nSPS) is 9.85. The van der Waals surface area contributed by atoms with E-state index in [2.05, 4.69) is 0 Å². The van der Waals surface area contributed by atoms with E-state index in [0.717, 1.165) is 0 Å². The second-order valence-corrected chi connectivity index (χ2v) is 4.84. The molecule has 0 aliphatic rings. The van der Waals surface area contributed by atoms with Crippen molar-refractivity contribution < 1.29 is 18.4 Å². The Morgan fingerprint density at radius 2 is 1.54 bits per heavy atom. The predicted molar refractivity (Wildman–Crippen MR) is 50.6 cm³/mol. The maximum atomic E-state index is 10.8. The van der Waals surface area contributed by atoms with Crippen LogP contribution in [0.25, 0.3) is 0 Å². The van der Waals surface area contributed by atoms with E-state index in [0.29, 0.717) is 0 Å². The molecule has 0 aromatic carbocycles. The number of halogens is 1. The van der Waals surface area contributed by atoms with E-state index in [-0.39, 0.29) is 30.3 Å². The van der Waals surface area contributed by atoms with Gasteiger partial charge in [-0.1, -0.05) is 13.8 Å².